The number of carboxylic acid groups (broad SMARTS) is 1. The van der Waals surface area contributed by atoms with E-state index in [2.05, 4.69) is 11.7 Å². The SMILES string of the molecule is C=[N+]1C(=O)CCC(=O)N(C)CCCc2cc(C=CC(=O)O)cnc21. The topological polar surface area (TPSA) is 90.6 Å². The van der Waals surface area contributed by atoms with E-state index in [-0.39, 0.29) is 24.7 Å². The fraction of sp³-hybridized carbons (Fsp3) is 0.353. The maximum absolute atomic E-state index is 12.2. The van der Waals surface area contributed by atoms with Crippen molar-refractivity contribution in [3.8, 4) is 0 Å². The smallest absolute Gasteiger partial charge is 0.333 e. The summed E-state index contributed by atoms with van der Waals surface area (Å²) in [6.07, 6.45) is 5.53. The van der Waals surface area contributed by atoms with Gasteiger partial charge in [0.05, 0.1) is 13.1 Å². The lowest BCUT2D eigenvalue weighted by Crippen LogP contribution is -2.28. The highest BCUT2D eigenvalue weighted by atomic mass is 16.4. The first kappa shape index (κ1) is 17.5. The molecule has 0 saturated carbocycles. The van der Waals surface area contributed by atoms with Crippen LogP contribution in [0.3, 0.4) is 0 Å². The van der Waals surface area contributed by atoms with Gasteiger partial charge in [0.2, 0.25) is 5.91 Å². The van der Waals surface area contributed by atoms with Crippen molar-refractivity contribution in [2.24, 2.45) is 0 Å². The third-order valence-electron chi connectivity index (χ3n) is 3.86. The molecule has 2 rings (SSSR count). The summed E-state index contributed by atoms with van der Waals surface area (Å²) < 4.78 is 1.22. The fourth-order valence-corrected chi connectivity index (χ4v) is 2.50. The summed E-state index contributed by atoms with van der Waals surface area (Å²) in [4.78, 5) is 40.7. The van der Waals surface area contributed by atoms with E-state index in [0.29, 0.717) is 30.8 Å². The zero-order chi connectivity index (χ0) is 17.7. The average Bonchev–Trinajstić information content (AvgIpc) is 2.57. The molecule has 1 aromatic heterocycles. The van der Waals surface area contributed by atoms with Gasteiger partial charge in [-0.05, 0) is 30.0 Å². The van der Waals surface area contributed by atoms with Gasteiger partial charge < -0.3 is 10.0 Å². The summed E-state index contributed by atoms with van der Waals surface area (Å²) in [6.45, 7) is 4.34. The van der Waals surface area contributed by atoms with Crippen LogP contribution in [-0.4, -0.2) is 57.7 Å². The van der Waals surface area contributed by atoms with Crippen molar-refractivity contribution >= 4 is 36.4 Å². The van der Waals surface area contributed by atoms with Crippen LogP contribution in [0.1, 0.15) is 30.4 Å². The predicted octanol–water partition coefficient (Wildman–Crippen LogP) is 1.24. The van der Waals surface area contributed by atoms with Crippen LogP contribution >= 0.6 is 0 Å². The van der Waals surface area contributed by atoms with Crippen LogP contribution in [0.25, 0.3) is 6.08 Å². The highest BCUT2D eigenvalue weighted by molar-refractivity contribution is 5.85. The van der Waals surface area contributed by atoms with E-state index in [4.69, 9.17) is 5.11 Å². The Morgan fingerprint density at radius 1 is 1.38 bits per heavy atom. The average molecular weight is 330 g/mol. The Bertz CT molecular complexity index is 725. The van der Waals surface area contributed by atoms with Gasteiger partial charge in [0.25, 0.3) is 0 Å². The molecule has 1 aromatic rings. The number of aryl methyl sites for hydroxylation is 1. The molecule has 0 aromatic carbocycles. The van der Waals surface area contributed by atoms with Crippen molar-refractivity contribution in [2.45, 2.75) is 25.7 Å². The Kier molecular flexibility index (Phi) is 5.57. The Balaban J connectivity index is 2.36. The van der Waals surface area contributed by atoms with Crippen LogP contribution in [0.2, 0.25) is 0 Å². The number of carbonyl (C=O) groups excluding carboxylic acids is 2. The maximum atomic E-state index is 12.2. The first-order valence-corrected chi connectivity index (χ1v) is 7.66. The van der Waals surface area contributed by atoms with Gasteiger partial charge in [-0.2, -0.15) is 4.58 Å². The number of carbonyl (C=O) groups is 3. The number of pyridine rings is 1. The molecule has 0 unspecified atom stereocenters. The maximum Gasteiger partial charge on any atom is 0.333 e. The number of fused-ring (bicyclic) bond motifs is 1. The first-order chi connectivity index (χ1) is 11.4. The highest BCUT2D eigenvalue weighted by Crippen LogP contribution is 2.21. The third kappa shape index (κ3) is 4.34. The fourth-order valence-electron chi connectivity index (χ4n) is 2.50. The summed E-state index contributed by atoms with van der Waals surface area (Å²) in [5, 5.41) is 8.72. The molecule has 1 N–H and O–H groups in total. The largest absolute Gasteiger partial charge is 0.478 e. The lowest BCUT2D eigenvalue weighted by molar-refractivity contribution is -0.363. The van der Waals surface area contributed by atoms with E-state index < -0.39 is 5.97 Å². The molecule has 0 fully saturated rings. The van der Waals surface area contributed by atoms with Crippen LogP contribution in [0.5, 0.6) is 0 Å². The molecule has 0 saturated heterocycles. The molecule has 0 spiro atoms. The van der Waals surface area contributed by atoms with Crippen molar-refractivity contribution in [1.29, 1.82) is 0 Å². The van der Waals surface area contributed by atoms with E-state index in [1.807, 2.05) is 0 Å². The van der Waals surface area contributed by atoms with E-state index in [0.717, 1.165) is 11.6 Å². The number of hydrogen-bond donors (Lipinski definition) is 1. The Morgan fingerprint density at radius 2 is 2.12 bits per heavy atom. The molecule has 24 heavy (non-hydrogen) atoms. The van der Waals surface area contributed by atoms with Crippen LogP contribution in [0.4, 0.5) is 5.82 Å². The standard InChI is InChI=1S/C17H19N3O4/c1-19-9-3-4-13-10-12(5-8-16(23)24)11-18-17(13)20(2)15(22)7-6-14(19)21/h5,8,10-11H,2-4,6-7,9H2,1H3/p+1. The van der Waals surface area contributed by atoms with E-state index in [9.17, 15) is 14.4 Å². The normalized spacial score (nSPS) is 16.9. The summed E-state index contributed by atoms with van der Waals surface area (Å²) in [5.74, 6) is -0.938. The molecule has 1 aliphatic heterocycles. The first-order valence-electron chi connectivity index (χ1n) is 7.66. The summed E-state index contributed by atoms with van der Waals surface area (Å²) in [5.41, 5.74) is 1.44. The Hall–Kier alpha value is -2.83. The van der Waals surface area contributed by atoms with Gasteiger partial charge in [-0.1, -0.05) is 0 Å². The molecular formula is C17H20N3O4+. The summed E-state index contributed by atoms with van der Waals surface area (Å²) in [7, 11) is 1.72. The number of aromatic nitrogens is 1. The van der Waals surface area contributed by atoms with Gasteiger partial charge in [0.15, 0.2) is 0 Å². The predicted molar refractivity (Wildman–Crippen MR) is 88.1 cm³/mol. The van der Waals surface area contributed by atoms with Gasteiger partial charge in [-0.15, -0.1) is 0 Å². The molecule has 7 nitrogen and oxygen atoms in total. The Labute approximate surface area is 139 Å². The quantitative estimate of drug-likeness (QED) is 0.651. The van der Waals surface area contributed by atoms with Crippen molar-refractivity contribution in [2.75, 3.05) is 13.6 Å². The van der Waals surface area contributed by atoms with Gasteiger partial charge in [-0.3, -0.25) is 4.79 Å². The lowest BCUT2D eigenvalue weighted by atomic mass is 10.1. The van der Waals surface area contributed by atoms with Crippen molar-refractivity contribution in [3.05, 3.63) is 29.5 Å². The van der Waals surface area contributed by atoms with Crippen molar-refractivity contribution < 1.29 is 24.1 Å². The second-order valence-corrected chi connectivity index (χ2v) is 5.66. The van der Waals surface area contributed by atoms with E-state index in [1.54, 1.807) is 18.0 Å². The molecule has 2 amide bonds. The second-order valence-electron chi connectivity index (χ2n) is 5.66. The second kappa shape index (κ2) is 7.63. The highest BCUT2D eigenvalue weighted by Gasteiger charge is 2.24. The van der Waals surface area contributed by atoms with E-state index >= 15 is 0 Å². The third-order valence-corrected chi connectivity index (χ3v) is 3.86. The summed E-state index contributed by atoms with van der Waals surface area (Å²) >= 11 is 0. The van der Waals surface area contributed by atoms with Crippen LogP contribution in [0, 0.1) is 0 Å². The number of amides is 2. The lowest BCUT2D eigenvalue weighted by Gasteiger charge is -2.15. The zero-order valence-electron chi connectivity index (χ0n) is 13.6. The van der Waals surface area contributed by atoms with E-state index in [1.165, 1.54) is 16.8 Å². The number of carboxylic acids is 1. The zero-order valence-corrected chi connectivity index (χ0v) is 13.6. The molecule has 0 radical (unpaired) electrons. The minimum Gasteiger partial charge on any atom is -0.478 e. The molecular weight excluding hydrogens is 310 g/mol. The molecule has 1 aliphatic rings. The minimum absolute atomic E-state index is 0.0688. The molecule has 0 atom stereocenters. The number of aliphatic carboxylic acids is 1. The van der Waals surface area contributed by atoms with Crippen molar-refractivity contribution in [3.63, 3.8) is 0 Å². The van der Waals surface area contributed by atoms with Gasteiger partial charge in [0.1, 0.15) is 6.20 Å². The monoisotopic (exact) mass is 330 g/mol. The number of hydrogen-bond acceptors (Lipinski definition) is 4. The molecule has 0 aliphatic carbocycles. The number of rotatable bonds is 2. The Morgan fingerprint density at radius 3 is 2.83 bits per heavy atom. The van der Waals surface area contributed by atoms with Crippen LogP contribution in [-0.2, 0) is 20.8 Å². The minimum atomic E-state index is -1.04. The van der Waals surface area contributed by atoms with Crippen molar-refractivity contribution in [1.82, 2.24) is 9.88 Å². The number of nitrogens with zero attached hydrogens (tertiary/aromatic N) is 3. The molecule has 7 heteroatoms. The van der Waals surface area contributed by atoms with Gasteiger partial charge in [-0.25, -0.2) is 9.59 Å². The van der Waals surface area contributed by atoms with Gasteiger partial charge >= 0.3 is 17.7 Å². The molecule has 126 valence electrons. The summed E-state index contributed by atoms with van der Waals surface area (Å²) in [6, 6.07) is 1.80. The van der Waals surface area contributed by atoms with Crippen LogP contribution < -0.4 is 0 Å². The van der Waals surface area contributed by atoms with Gasteiger partial charge in [0, 0.05) is 37.2 Å². The molecule has 2 heterocycles. The molecule has 0 bridgehead atoms. The van der Waals surface area contributed by atoms with Crippen LogP contribution in [0.15, 0.2) is 18.3 Å².